The summed E-state index contributed by atoms with van der Waals surface area (Å²) in [6.45, 7) is 4.56. The van der Waals surface area contributed by atoms with E-state index in [9.17, 15) is 0 Å². The van der Waals surface area contributed by atoms with Crippen LogP contribution < -0.4 is 0 Å². The molecule has 0 saturated carbocycles. The SMILES string of the molecule is CC#C[C@@H](CC)OC/C=C/CBr. The molecule has 0 aliphatic carbocycles. The van der Waals surface area contributed by atoms with Crippen molar-refractivity contribution >= 4 is 15.9 Å². The Bertz CT molecular complexity index is 176. The molecule has 0 saturated heterocycles. The van der Waals surface area contributed by atoms with Gasteiger partial charge in [0.25, 0.3) is 0 Å². The van der Waals surface area contributed by atoms with Crippen LogP contribution in [0.1, 0.15) is 20.3 Å². The Hall–Kier alpha value is -0.260. The topological polar surface area (TPSA) is 9.23 Å². The summed E-state index contributed by atoms with van der Waals surface area (Å²) >= 11 is 3.29. The van der Waals surface area contributed by atoms with Crippen molar-refractivity contribution in [2.24, 2.45) is 0 Å². The first-order valence-electron chi connectivity index (χ1n) is 4.10. The van der Waals surface area contributed by atoms with Crippen LogP contribution in [-0.4, -0.2) is 18.0 Å². The molecule has 1 atom stereocenters. The van der Waals surface area contributed by atoms with Gasteiger partial charge in [0.2, 0.25) is 0 Å². The highest BCUT2D eigenvalue weighted by atomic mass is 79.9. The highest BCUT2D eigenvalue weighted by Crippen LogP contribution is 1.96. The van der Waals surface area contributed by atoms with E-state index in [1.54, 1.807) is 0 Å². The van der Waals surface area contributed by atoms with Gasteiger partial charge in [-0.3, -0.25) is 0 Å². The van der Waals surface area contributed by atoms with E-state index in [2.05, 4.69) is 34.7 Å². The molecule has 0 spiro atoms. The van der Waals surface area contributed by atoms with E-state index in [1.165, 1.54) is 0 Å². The van der Waals surface area contributed by atoms with Gasteiger partial charge in [0.05, 0.1) is 6.61 Å². The molecule has 0 aromatic rings. The molecule has 0 radical (unpaired) electrons. The molecule has 0 aliphatic rings. The van der Waals surface area contributed by atoms with Crippen molar-refractivity contribution in [1.82, 2.24) is 0 Å². The second kappa shape index (κ2) is 8.83. The summed E-state index contributed by atoms with van der Waals surface area (Å²) in [4.78, 5) is 0. The summed E-state index contributed by atoms with van der Waals surface area (Å²) in [5, 5.41) is 0.882. The van der Waals surface area contributed by atoms with Gasteiger partial charge in [0.1, 0.15) is 6.10 Å². The minimum Gasteiger partial charge on any atom is -0.361 e. The highest BCUT2D eigenvalue weighted by molar-refractivity contribution is 9.09. The lowest BCUT2D eigenvalue weighted by atomic mass is 10.3. The fraction of sp³-hybridized carbons (Fsp3) is 0.600. The maximum absolute atomic E-state index is 5.45. The van der Waals surface area contributed by atoms with Crippen molar-refractivity contribution in [1.29, 1.82) is 0 Å². The van der Waals surface area contributed by atoms with Gasteiger partial charge in [-0.05, 0) is 13.3 Å². The zero-order chi connectivity index (χ0) is 9.23. The number of halogens is 1. The Morgan fingerprint density at radius 1 is 1.50 bits per heavy atom. The number of rotatable bonds is 5. The van der Waals surface area contributed by atoms with E-state index in [1.807, 2.05) is 19.1 Å². The lowest BCUT2D eigenvalue weighted by molar-refractivity contribution is 0.113. The third-order valence-corrected chi connectivity index (χ3v) is 1.70. The summed E-state index contributed by atoms with van der Waals surface area (Å²) in [7, 11) is 0. The molecule has 2 heteroatoms. The van der Waals surface area contributed by atoms with Crippen molar-refractivity contribution in [2.45, 2.75) is 26.4 Å². The van der Waals surface area contributed by atoms with Crippen LogP contribution in [0.4, 0.5) is 0 Å². The maximum atomic E-state index is 5.45. The van der Waals surface area contributed by atoms with E-state index < -0.39 is 0 Å². The Kier molecular flexibility index (Phi) is 8.64. The molecular formula is C10H15BrO. The molecule has 12 heavy (non-hydrogen) atoms. The minimum absolute atomic E-state index is 0.0926. The quantitative estimate of drug-likeness (QED) is 0.401. The predicted molar refractivity (Wildman–Crippen MR) is 56.4 cm³/mol. The van der Waals surface area contributed by atoms with Crippen LogP contribution in [0.3, 0.4) is 0 Å². The fourth-order valence-electron chi connectivity index (χ4n) is 0.725. The monoisotopic (exact) mass is 230 g/mol. The summed E-state index contributed by atoms with van der Waals surface area (Å²) in [5.41, 5.74) is 0. The normalized spacial score (nSPS) is 12.6. The third-order valence-electron chi connectivity index (χ3n) is 1.33. The lowest BCUT2D eigenvalue weighted by Gasteiger charge is -2.06. The summed E-state index contributed by atoms with van der Waals surface area (Å²) in [5.74, 6) is 5.84. The van der Waals surface area contributed by atoms with E-state index in [-0.39, 0.29) is 6.10 Å². The van der Waals surface area contributed by atoms with Gasteiger partial charge >= 0.3 is 0 Å². The average molecular weight is 231 g/mol. The van der Waals surface area contributed by atoms with E-state index in [4.69, 9.17) is 4.74 Å². The molecule has 0 bridgehead atoms. The number of allylic oxidation sites excluding steroid dienone is 1. The van der Waals surface area contributed by atoms with Crippen LogP contribution in [-0.2, 0) is 4.74 Å². The van der Waals surface area contributed by atoms with Gasteiger partial charge in [-0.25, -0.2) is 0 Å². The zero-order valence-corrected chi connectivity index (χ0v) is 9.23. The molecular weight excluding hydrogens is 216 g/mol. The fourth-order valence-corrected chi connectivity index (χ4v) is 0.990. The Balaban J connectivity index is 3.56. The Morgan fingerprint density at radius 2 is 2.25 bits per heavy atom. The van der Waals surface area contributed by atoms with Crippen molar-refractivity contribution in [2.75, 3.05) is 11.9 Å². The van der Waals surface area contributed by atoms with Gasteiger partial charge in [-0.15, -0.1) is 5.92 Å². The molecule has 0 unspecified atom stereocenters. The summed E-state index contributed by atoms with van der Waals surface area (Å²) in [6.07, 6.45) is 5.05. The predicted octanol–water partition coefficient (Wildman–Crippen LogP) is 2.76. The number of ether oxygens (including phenoxy) is 1. The van der Waals surface area contributed by atoms with Crippen molar-refractivity contribution in [3.05, 3.63) is 12.2 Å². The molecule has 0 amide bonds. The van der Waals surface area contributed by atoms with Crippen LogP contribution >= 0.6 is 15.9 Å². The number of hydrogen-bond donors (Lipinski definition) is 0. The van der Waals surface area contributed by atoms with Gasteiger partial charge < -0.3 is 4.74 Å². The maximum Gasteiger partial charge on any atom is 0.118 e. The number of alkyl halides is 1. The molecule has 1 nitrogen and oxygen atoms in total. The molecule has 0 aliphatic heterocycles. The van der Waals surface area contributed by atoms with Crippen LogP contribution in [0.15, 0.2) is 12.2 Å². The van der Waals surface area contributed by atoms with Crippen molar-refractivity contribution < 1.29 is 4.74 Å². The highest BCUT2D eigenvalue weighted by Gasteiger charge is 1.98. The minimum atomic E-state index is 0.0926. The van der Waals surface area contributed by atoms with Crippen LogP contribution in [0.5, 0.6) is 0 Å². The number of hydrogen-bond acceptors (Lipinski definition) is 1. The zero-order valence-electron chi connectivity index (χ0n) is 7.64. The lowest BCUT2D eigenvalue weighted by Crippen LogP contribution is -2.08. The largest absolute Gasteiger partial charge is 0.361 e. The van der Waals surface area contributed by atoms with Crippen LogP contribution in [0, 0.1) is 11.8 Å². The van der Waals surface area contributed by atoms with E-state index in [0.29, 0.717) is 6.61 Å². The van der Waals surface area contributed by atoms with Gasteiger partial charge in [-0.1, -0.05) is 40.9 Å². The van der Waals surface area contributed by atoms with Gasteiger partial charge in [0, 0.05) is 5.33 Å². The van der Waals surface area contributed by atoms with E-state index in [0.717, 1.165) is 11.8 Å². The van der Waals surface area contributed by atoms with Gasteiger partial charge in [0.15, 0.2) is 0 Å². The first kappa shape index (κ1) is 11.7. The molecule has 0 aromatic carbocycles. The molecule has 0 rings (SSSR count). The van der Waals surface area contributed by atoms with Crippen molar-refractivity contribution in [3.8, 4) is 11.8 Å². The van der Waals surface area contributed by atoms with E-state index >= 15 is 0 Å². The van der Waals surface area contributed by atoms with Crippen LogP contribution in [0.2, 0.25) is 0 Å². The molecule has 0 fully saturated rings. The first-order chi connectivity index (χ1) is 5.85. The average Bonchev–Trinajstić information content (AvgIpc) is 2.10. The first-order valence-corrected chi connectivity index (χ1v) is 5.22. The molecule has 68 valence electrons. The van der Waals surface area contributed by atoms with Gasteiger partial charge in [-0.2, -0.15) is 0 Å². The molecule has 0 N–H and O–H groups in total. The Labute approximate surface area is 83.3 Å². The molecule has 0 heterocycles. The van der Waals surface area contributed by atoms with Crippen molar-refractivity contribution in [3.63, 3.8) is 0 Å². The molecule has 0 aromatic heterocycles. The second-order valence-electron chi connectivity index (χ2n) is 2.25. The summed E-state index contributed by atoms with van der Waals surface area (Å²) < 4.78 is 5.45. The smallest absolute Gasteiger partial charge is 0.118 e. The standard InChI is InChI=1S/C10H15BrO/c1-3-7-10(4-2)12-9-6-5-8-11/h5-6,10H,4,8-9H2,1-2H3/b6-5+/t10-/m1/s1. The van der Waals surface area contributed by atoms with Crippen LogP contribution in [0.25, 0.3) is 0 Å². The second-order valence-corrected chi connectivity index (χ2v) is 2.90. The summed E-state index contributed by atoms with van der Waals surface area (Å²) in [6, 6.07) is 0. The Morgan fingerprint density at radius 3 is 2.75 bits per heavy atom. The third kappa shape index (κ3) is 6.45.